The van der Waals surface area contributed by atoms with Gasteiger partial charge >= 0.3 is 0 Å². The average Bonchev–Trinajstić information content (AvgIpc) is 2.75. The molecule has 6 nitrogen and oxygen atoms in total. The third kappa shape index (κ3) is 1.19. The molecule has 0 fully saturated rings. The first-order valence-corrected chi connectivity index (χ1v) is 3.88. The van der Waals surface area contributed by atoms with E-state index in [1.807, 2.05) is 0 Å². The maximum absolute atomic E-state index is 8.64. The third-order valence-electron chi connectivity index (χ3n) is 1.18. The van der Waals surface area contributed by atoms with Gasteiger partial charge in [0.15, 0.2) is 5.82 Å². The van der Waals surface area contributed by atoms with Gasteiger partial charge < -0.3 is 9.63 Å². The third-order valence-corrected chi connectivity index (χ3v) is 1.83. The van der Waals surface area contributed by atoms with E-state index in [0.717, 1.165) is 11.5 Å². The molecule has 0 aliphatic carbocycles. The highest BCUT2D eigenvalue weighted by Gasteiger charge is 2.09. The summed E-state index contributed by atoms with van der Waals surface area (Å²) >= 11 is 1.16. The van der Waals surface area contributed by atoms with Gasteiger partial charge in [-0.25, -0.2) is 0 Å². The second-order valence-electron chi connectivity index (χ2n) is 1.96. The van der Waals surface area contributed by atoms with Crippen LogP contribution in [0, 0.1) is 0 Å². The maximum Gasteiger partial charge on any atom is 0.271 e. The Hall–Kier alpha value is -1.34. The van der Waals surface area contributed by atoms with Gasteiger partial charge in [-0.2, -0.15) is 4.98 Å². The van der Waals surface area contributed by atoms with Crippen molar-refractivity contribution in [3.63, 3.8) is 0 Å². The summed E-state index contributed by atoms with van der Waals surface area (Å²) in [6.07, 6.45) is 1.53. The second kappa shape index (κ2) is 2.95. The predicted octanol–water partition coefficient (Wildman–Crippen LogP) is 0.0804. The molecule has 62 valence electrons. The zero-order valence-corrected chi connectivity index (χ0v) is 6.65. The van der Waals surface area contributed by atoms with E-state index in [2.05, 4.69) is 19.7 Å². The molecule has 2 aromatic rings. The molecule has 0 saturated carbocycles. The molecule has 0 atom stereocenters. The molecular weight excluding hydrogens is 180 g/mol. The first-order chi connectivity index (χ1) is 5.90. The van der Waals surface area contributed by atoms with Crippen molar-refractivity contribution >= 4 is 11.5 Å². The van der Waals surface area contributed by atoms with E-state index >= 15 is 0 Å². The van der Waals surface area contributed by atoms with Crippen molar-refractivity contribution in [2.75, 3.05) is 0 Å². The first-order valence-electron chi connectivity index (χ1n) is 3.11. The lowest BCUT2D eigenvalue weighted by Gasteiger charge is -1.79. The number of aromatic nitrogens is 4. The Labute approximate surface area is 71.0 Å². The molecule has 2 rings (SSSR count). The van der Waals surface area contributed by atoms with Crippen molar-refractivity contribution < 1.29 is 9.63 Å². The number of aliphatic hydroxyl groups is 1. The van der Waals surface area contributed by atoms with Crippen LogP contribution in [-0.4, -0.2) is 24.8 Å². The van der Waals surface area contributed by atoms with Crippen LogP contribution < -0.4 is 0 Å². The summed E-state index contributed by atoms with van der Waals surface area (Å²) < 4.78 is 8.44. The minimum absolute atomic E-state index is 0.226. The fraction of sp³-hybridized carbons (Fsp3) is 0.200. The van der Waals surface area contributed by atoms with E-state index in [1.54, 1.807) is 0 Å². The fourth-order valence-corrected chi connectivity index (χ4v) is 1.12. The summed E-state index contributed by atoms with van der Waals surface area (Å²) in [5, 5.41) is 15.8. The zero-order chi connectivity index (χ0) is 8.39. The highest BCUT2D eigenvalue weighted by Crippen LogP contribution is 2.18. The van der Waals surface area contributed by atoms with Gasteiger partial charge in [0.05, 0.1) is 6.20 Å². The minimum Gasteiger partial charge on any atom is -0.388 e. The maximum atomic E-state index is 8.64. The molecule has 2 heterocycles. The Bertz CT molecular complexity index is 357. The van der Waals surface area contributed by atoms with Crippen LogP contribution in [0.1, 0.15) is 5.82 Å². The monoisotopic (exact) mass is 184 g/mol. The highest BCUT2D eigenvalue weighted by atomic mass is 32.1. The van der Waals surface area contributed by atoms with Crippen LogP contribution in [0.25, 0.3) is 10.8 Å². The van der Waals surface area contributed by atoms with Crippen LogP contribution in [0.5, 0.6) is 0 Å². The summed E-state index contributed by atoms with van der Waals surface area (Å²) in [6, 6.07) is 0. The molecule has 2 aromatic heterocycles. The fourth-order valence-electron chi connectivity index (χ4n) is 0.680. The minimum atomic E-state index is -0.226. The molecule has 0 saturated heterocycles. The Morgan fingerprint density at radius 2 is 2.50 bits per heavy atom. The SMILES string of the molecule is OCc1noc(-c2cnns2)n1. The lowest BCUT2D eigenvalue weighted by Crippen LogP contribution is -1.83. The van der Waals surface area contributed by atoms with Crippen LogP contribution in [0.15, 0.2) is 10.7 Å². The number of aliphatic hydroxyl groups excluding tert-OH is 1. The van der Waals surface area contributed by atoms with Crippen LogP contribution in [0.4, 0.5) is 0 Å². The Morgan fingerprint density at radius 3 is 3.08 bits per heavy atom. The van der Waals surface area contributed by atoms with Crippen LogP contribution in [-0.2, 0) is 6.61 Å². The largest absolute Gasteiger partial charge is 0.388 e. The van der Waals surface area contributed by atoms with Crippen LogP contribution in [0.3, 0.4) is 0 Å². The van der Waals surface area contributed by atoms with Gasteiger partial charge in [0, 0.05) is 0 Å². The topological polar surface area (TPSA) is 84.9 Å². The van der Waals surface area contributed by atoms with Crippen molar-refractivity contribution in [1.82, 2.24) is 19.7 Å². The molecule has 7 heteroatoms. The van der Waals surface area contributed by atoms with Crippen molar-refractivity contribution in [2.45, 2.75) is 6.61 Å². The van der Waals surface area contributed by atoms with Gasteiger partial charge in [-0.15, -0.1) is 5.10 Å². The number of hydrogen-bond acceptors (Lipinski definition) is 7. The van der Waals surface area contributed by atoms with Crippen molar-refractivity contribution in [2.24, 2.45) is 0 Å². The summed E-state index contributed by atoms with van der Waals surface area (Å²) in [4.78, 5) is 4.57. The second-order valence-corrected chi connectivity index (χ2v) is 2.74. The van der Waals surface area contributed by atoms with E-state index in [1.165, 1.54) is 6.20 Å². The molecule has 0 unspecified atom stereocenters. The van der Waals surface area contributed by atoms with Crippen LogP contribution in [0.2, 0.25) is 0 Å². The molecular formula is C5H4N4O2S. The molecule has 0 aliphatic rings. The standard InChI is InChI=1S/C5H4N4O2S/c10-2-4-7-5(11-8-4)3-1-6-9-12-3/h1,10H,2H2. The summed E-state index contributed by atoms with van der Waals surface area (Å²) in [7, 11) is 0. The summed E-state index contributed by atoms with van der Waals surface area (Å²) in [5.74, 6) is 0.604. The number of rotatable bonds is 2. The van der Waals surface area contributed by atoms with Crippen molar-refractivity contribution in [3.8, 4) is 10.8 Å². The van der Waals surface area contributed by atoms with Crippen molar-refractivity contribution in [1.29, 1.82) is 0 Å². The van der Waals surface area contributed by atoms with E-state index in [-0.39, 0.29) is 12.4 Å². The molecule has 12 heavy (non-hydrogen) atoms. The lowest BCUT2D eigenvalue weighted by molar-refractivity contribution is 0.264. The number of nitrogens with zero attached hydrogens (tertiary/aromatic N) is 4. The molecule has 0 aliphatic heterocycles. The van der Waals surface area contributed by atoms with E-state index < -0.39 is 0 Å². The van der Waals surface area contributed by atoms with Gasteiger partial charge in [0.25, 0.3) is 5.89 Å². The van der Waals surface area contributed by atoms with Gasteiger partial charge in [0.2, 0.25) is 0 Å². The smallest absolute Gasteiger partial charge is 0.271 e. The molecule has 0 spiro atoms. The molecule has 0 radical (unpaired) electrons. The predicted molar refractivity (Wildman–Crippen MR) is 39.1 cm³/mol. The molecule has 1 N–H and O–H groups in total. The first kappa shape index (κ1) is 7.32. The summed E-state index contributed by atoms with van der Waals surface area (Å²) in [6.45, 7) is -0.226. The normalized spacial score (nSPS) is 10.4. The van der Waals surface area contributed by atoms with E-state index in [0.29, 0.717) is 10.8 Å². The Kier molecular flexibility index (Phi) is 1.80. The summed E-state index contributed by atoms with van der Waals surface area (Å²) in [5.41, 5.74) is 0. The Morgan fingerprint density at radius 1 is 1.58 bits per heavy atom. The van der Waals surface area contributed by atoms with E-state index in [9.17, 15) is 0 Å². The number of hydrogen-bond donors (Lipinski definition) is 1. The average molecular weight is 184 g/mol. The van der Waals surface area contributed by atoms with Gasteiger partial charge in [0.1, 0.15) is 11.5 Å². The molecule has 0 bridgehead atoms. The van der Waals surface area contributed by atoms with Crippen LogP contribution >= 0.6 is 11.5 Å². The van der Waals surface area contributed by atoms with Crippen molar-refractivity contribution in [3.05, 3.63) is 12.0 Å². The molecule has 0 amide bonds. The lowest BCUT2D eigenvalue weighted by atomic mass is 10.5. The quantitative estimate of drug-likeness (QED) is 0.711. The van der Waals surface area contributed by atoms with E-state index in [4.69, 9.17) is 9.63 Å². The Balaban J connectivity index is 2.35. The van der Waals surface area contributed by atoms with Gasteiger partial charge in [-0.05, 0) is 11.5 Å². The van der Waals surface area contributed by atoms with Gasteiger partial charge in [-0.3, -0.25) is 0 Å². The highest BCUT2D eigenvalue weighted by molar-refractivity contribution is 7.09. The zero-order valence-electron chi connectivity index (χ0n) is 5.84. The van der Waals surface area contributed by atoms with Gasteiger partial charge in [-0.1, -0.05) is 9.64 Å². The molecule has 0 aromatic carbocycles.